The number of hydrogen-bond acceptors (Lipinski definition) is 1. The predicted octanol–water partition coefficient (Wildman–Crippen LogP) is 3.81. The second-order valence-electron chi connectivity index (χ2n) is 3.76. The molecule has 0 aliphatic carbocycles. The zero-order valence-corrected chi connectivity index (χ0v) is 9.17. The number of benzene rings is 2. The Morgan fingerprint density at radius 1 is 1.06 bits per heavy atom. The summed E-state index contributed by atoms with van der Waals surface area (Å²) in [7, 11) is 0. The van der Waals surface area contributed by atoms with E-state index in [0.29, 0.717) is 0 Å². The van der Waals surface area contributed by atoms with Crippen LogP contribution in [0, 0.1) is 29.9 Å². The van der Waals surface area contributed by atoms with E-state index in [-0.39, 0.29) is 16.7 Å². The zero-order chi connectivity index (χ0) is 12.4. The Hall–Kier alpha value is -2.21. The van der Waals surface area contributed by atoms with Crippen molar-refractivity contribution in [3.05, 3.63) is 59.2 Å². The van der Waals surface area contributed by atoms with Gasteiger partial charge in [-0.2, -0.15) is 5.26 Å². The summed E-state index contributed by atoms with van der Waals surface area (Å²) in [6, 6.07) is 10.4. The van der Waals surface area contributed by atoms with Gasteiger partial charge in [0.1, 0.15) is 11.6 Å². The Morgan fingerprint density at radius 3 is 2.53 bits per heavy atom. The molecule has 84 valence electrons. The molecule has 0 saturated heterocycles. The first-order valence-corrected chi connectivity index (χ1v) is 5.08. The molecule has 2 aromatic carbocycles. The molecular formula is C14H9F2N. The molecule has 0 radical (unpaired) electrons. The van der Waals surface area contributed by atoms with Crippen LogP contribution in [0.5, 0.6) is 0 Å². The molecule has 3 heteroatoms. The first-order chi connectivity index (χ1) is 8.13. The van der Waals surface area contributed by atoms with Crippen LogP contribution in [0.4, 0.5) is 8.78 Å². The summed E-state index contributed by atoms with van der Waals surface area (Å²) >= 11 is 0. The average molecular weight is 229 g/mol. The van der Waals surface area contributed by atoms with Crippen molar-refractivity contribution in [2.24, 2.45) is 0 Å². The van der Waals surface area contributed by atoms with Crippen molar-refractivity contribution in [2.75, 3.05) is 0 Å². The van der Waals surface area contributed by atoms with Gasteiger partial charge in [0.25, 0.3) is 0 Å². The molecule has 0 bridgehead atoms. The van der Waals surface area contributed by atoms with E-state index in [9.17, 15) is 8.78 Å². The molecule has 17 heavy (non-hydrogen) atoms. The summed E-state index contributed by atoms with van der Waals surface area (Å²) in [6.45, 7) is 1.79. The maximum atomic E-state index is 13.7. The lowest BCUT2D eigenvalue weighted by Crippen LogP contribution is -1.93. The number of rotatable bonds is 1. The Kier molecular flexibility index (Phi) is 2.88. The van der Waals surface area contributed by atoms with E-state index in [2.05, 4.69) is 0 Å². The van der Waals surface area contributed by atoms with Gasteiger partial charge < -0.3 is 0 Å². The van der Waals surface area contributed by atoms with Crippen LogP contribution in [0.2, 0.25) is 0 Å². The summed E-state index contributed by atoms with van der Waals surface area (Å²) in [5.41, 5.74) is 1.10. The van der Waals surface area contributed by atoms with Crippen molar-refractivity contribution in [3.63, 3.8) is 0 Å². The number of nitrogens with zero attached hydrogens (tertiary/aromatic N) is 1. The second kappa shape index (κ2) is 4.34. The number of hydrogen-bond donors (Lipinski definition) is 0. The Morgan fingerprint density at radius 2 is 1.82 bits per heavy atom. The second-order valence-corrected chi connectivity index (χ2v) is 3.76. The van der Waals surface area contributed by atoms with Crippen molar-refractivity contribution in [1.82, 2.24) is 0 Å². The topological polar surface area (TPSA) is 23.8 Å². The number of halogens is 2. The molecule has 0 unspecified atom stereocenters. The minimum atomic E-state index is -0.589. The SMILES string of the molecule is Cc1ccc(F)c(-c2c(F)cccc2C#N)c1. The van der Waals surface area contributed by atoms with E-state index in [1.807, 2.05) is 6.07 Å². The van der Waals surface area contributed by atoms with E-state index < -0.39 is 11.6 Å². The minimum absolute atomic E-state index is 0.0243. The third kappa shape index (κ3) is 2.02. The van der Waals surface area contributed by atoms with Crippen molar-refractivity contribution in [2.45, 2.75) is 6.92 Å². The molecule has 0 aliphatic heterocycles. The Labute approximate surface area is 97.9 Å². The fourth-order valence-electron chi connectivity index (χ4n) is 1.72. The largest absolute Gasteiger partial charge is 0.206 e. The Balaban J connectivity index is 2.77. The molecule has 0 fully saturated rings. The van der Waals surface area contributed by atoms with Crippen molar-refractivity contribution < 1.29 is 8.78 Å². The fourth-order valence-corrected chi connectivity index (χ4v) is 1.72. The van der Waals surface area contributed by atoms with Gasteiger partial charge in [-0.25, -0.2) is 8.78 Å². The summed E-state index contributed by atoms with van der Waals surface area (Å²) in [5.74, 6) is -1.12. The lowest BCUT2D eigenvalue weighted by Gasteiger charge is -2.08. The summed E-state index contributed by atoms with van der Waals surface area (Å²) in [5, 5.41) is 8.93. The van der Waals surface area contributed by atoms with Gasteiger partial charge in [0, 0.05) is 11.1 Å². The predicted molar refractivity (Wildman–Crippen MR) is 61.2 cm³/mol. The monoisotopic (exact) mass is 229 g/mol. The zero-order valence-electron chi connectivity index (χ0n) is 9.17. The van der Waals surface area contributed by atoms with Crippen LogP contribution in [0.3, 0.4) is 0 Å². The molecule has 0 aliphatic rings. The summed E-state index contributed by atoms with van der Waals surface area (Å²) in [4.78, 5) is 0. The van der Waals surface area contributed by atoms with Gasteiger partial charge in [0.15, 0.2) is 0 Å². The van der Waals surface area contributed by atoms with Crippen LogP contribution in [-0.2, 0) is 0 Å². The molecule has 0 heterocycles. The van der Waals surface area contributed by atoms with Gasteiger partial charge in [-0.05, 0) is 31.2 Å². The third-order valence-electron chi connectivity index (χ3n) is 2.53. The Bertz CT molecular complexity index is 612. The van der Waals surface area contributed by atoms with Gasteiger partial charge >= 0.3 is 0 Å². The molecule has 0 spiro atoms. The lowest BCUT2D eigenvalue weighted by molar-refractivity contribution is 0.615. The van der Waals surface area contributed by atoms with Gasteiger partial charge in [-0.15, -0.1) is 0 Å². The molecule has 1 nitrogen and oxygen atoms in total. The molecule has 0 aromatic heterocycles. The standard InChI is InChI=1S/C14H9F2N/c1-9-5-6-12(15)11(7-9)14-10(8-17)3-2-4-13(14)16/h2-7H,1H3. The van der Waals surface area contributed by atoms with Crippen LogP contribution < -0.4 is 0 Å². The maximum Gasteiger partial charge on any atom is 0.132 e. The molecule has 0 amide bonds. The van der Waals surface area contributed by atoms with E-state index >= 15 is 0 Å². The molecule has 2 aromatic rings. The smallest absolute Gasteiger partial charge is 0.132 e. The highest BCUT2D eigenvalue weighted by Crippen LogP contribution is 2.29. The molecule has 0 N–H and O–H groups in total. The van der Waals surface area contributed by atoms with Crippen LogP contribution in [0.25, 0.3) is 11.1 Å². The van der Waals surface area contributed by atoms with Gasteiger partial charge in [-0.1, -0.05) is 17.7 Å². The highest BCUT2D eigenvalue weighted by Gasteiger charge is 2.14. The van der Waals surface area contributed by atoms with E-state index in [1.54, 1.807) is 13.0 Å². The normalized spacial score (nSPS) is 10.0. The van der Waals surface area contributed by atoms with E-state index in [1.165, 1.54) is 30.3 Å². The van der Waals surface area contributed by atoms with Crippen molar-refractivity contribution in [3.8, 4) is 17.2 Å². The average Bonchev–Trinajstić information content (AvgIpc) is 2.32. The first kappa shape index (κ1) is 11.3. The quantitative estimate of drug-likeness (QED) is 0.729. The number of nitriles is 1. The summed E-state index contributed by atoms with van der Waals surface area (Å²) < 4.78 is 27.4. The molecular weight excluding hydrogens is 220 g/mol. The van der Waals surface area contributed by atoms with Crippen LogP contribution in [-0.4, -0.2) is 0 Å². The first-order valence-electron chi connectivity index (χ1n) is 5.08. The maximum absolute atomic E-state index is 13.7. The fraction of sp³-hybridized carbons (Fsp3) is 0.0714. The number of aryl methyl sites for hydroxylation is 1. The molecule has 0 saturated carbocycles. The molecule has 0 atom stereocenters. The van der Waals surface area contributed by atoms with Gasteiger partial charge in [-0.3, -0.25) is 0 Å². The molecule has 2 rings (SSSR count). The minimum Gasteiger partial charge on any atom is -0.206 e. The van der Waals surface area contributed by atoms with Crippen molar-refractivity contribution >= 4 is 0 Å². The highest BCUT2D eigenvalue weighted by molar-refractivity contribution is 5.72. The van der Waals surface area contributed by atoms with Gasteiger partial charge in [0.05, 0.1) is 11.6 Å². The van der Waals surface area contributed by atoms with E-state index in [0.717, 1.165) is 5.56 Å². The lowest BCUT2D eigenvalue weighted by atomic mass is 9.98. The highest BCUT2D eigenvalue weighted by atomic mass is 19.1. The van der Waals surface area contributed by atoms with Crippen LogP contribution in [0.15, 0.2) is 36.4 Å². The van der Waals surface area contributed by atoms with Gasteiger partial charge in [0.2, 0.25) is 0 Å². The van der Waals surface area contributed by atoms with E-state index in [4.69, 9.17) is 5.26 Å². The summed E-state index contributed by atoms with van der Waals surface area (Å²) in [6.07, 6.45) is 0. The van der Waals surface area contributed by atoms with Crippen LogP contribution in [0.1, 0.15) is 11.1 Å². The van der Waals surface area contributed by atoms with Crippen LogP contribution >= 0.6 is 0 Å². The third-order valence-corrected chi connectivity index (χ3v) is 2.53. The van der Waals surface area contributed by atoms with Crippen molar-refractivity contribution in [1.29, 1.82) is 5.26 Å².